The molecule has 0 spiro atoms. The largest absolute Gasteiger partial charge is 0.302 e. The normalized spacial score (nSPS) is 12.5. The molecule has 0 fully saturated rings. The molecule has 0 saturated heterocycles. The molecule has 2 aromatic rings. The predicted octanol–water partition coefficient (Wildman–Crippen LogP) is 4.67. The summed E-state index contributed by atoms with van der Waals surface area (Å²) in [6.45, 7) is 4.37. The van der Waals surface area contributed by atoms with Crippen molar-refractivity contribution in [3.8, 4) is 0 Å². The van der Waals surface area contributed by atoms with Crippen LogP contribution in [0.25, 0.3) is 0 Å². The molecule has 0 amide bonds. The summed E-state index contributed by atoms with van der Waals surface area (Å²) >= 11 is 3.60. The van der Waals surface area contributed by atoms with Crippen LogP contribution in [0.4, 0.5) is 0 Å². The SMILES string of the molecule is CC(Br)CCCN(C)Cc1ccc(Cc2cccnc2)cc1. The molecule has 1 aromatic carbocycles. The van der Waals surface area contributed by atoms with Gasteiger partial charge in [0.05, 0.1) is 0 Å². The minimum atomic E-state index is 0.618. The van der Waals surface area contributed by atoms with Gasteiger partial charge in [0.2, 0.25) is 0 Å². The molecule has 2 nitrogen and oxygen atoms in total. The molecule has 22 heavy (non-hydrogen) atoms. The van der Waals surface area contributed by atoms with Gasteiger partial charge in [-0.05, 0) is 55.6 Å². The number of hydrogen-bond acceptors (Lipinski definition) is 2. The van der Waals surface area contributed by atoms with E-state index >= 15 is 0 Å². The standard InChI is InChI=1S/C19H25BrN2/c1-16(20)5-4-12-22(2)15-18-9-7-17(8-10-18)13-19-6-3-11-21-14-19/h3,6-11,14,16H,4-5,12-13,15H2,1-2H3. The molecule has 118 valence electrons. The smallest absolute Gasteiger partial charge is 0.0303 e. The lowest BCUT2D eigenvalue weighted by atomic mass is 10.0. The van der Waals surface area contributed by atoms with Crippen molar-refractivity contribution in [2.75, 3.05) is 13.6 Å². The van der Waals surface area contributed by atoms with Gasteiger partial charge in [-0.1, -0.05) is 53.2 Å². The van der Waals surface area contributed by atoms with Crippen molar-refractivity contribution >= 4 is 15.9 Å². The van der Waals surface area contributed by atoms with Crippen LogP contribution >= 0.6 is 15.9 Å². The van der Waals surface area contributed by atoms with Crippen LogP contribution in [0.5, 0.6) is 0 Å². The van der Waals surface area contributed by atoms with E-state index in [2.05, 4.69) is 70.1 Å². The van der Waals surface area contributed by atoms with Crippen LogP contribution < -0.4 is 0 Å². The van der Waals surface area contributed by atoms with Crippen molar-refractivity contribution in [3.05, 3.63) is 65.5 Å². The second-order valence-corrected chi connectivity index (χ2v) is 7.58. The fraction of sp³-hybridized carbons (Fsp3) is 0.421. The van der Waals surface area contributed by atoms with Crippen LogP contribution in [0.3, 0.4) is 0 Å². The third-order valence-corrected chi connectivity index (χ3v) is 4.21. The molecule has 0 aliphatic heterocycles. The molecule has 0 bridgehead atoms. The second kappa shape index (κ2) is 9.06. The number of rotatable bonds is 8. The Kier molecular flexibility index (Phi) is 7.07. The zero-order valence-electron chi connectivity index (χ0n) is 13.5. The predicted molar refractivity (Wildman–Crippen MR) is 97.4 cm³/mol. The van der Waals surface area contributed by atoms with E-state index in [4.69, 9.17) is 0 Å². The van der Waals surface area contributed by atoms with E-state index in [1.165, 1.54) is 29.5 Å². The van der Waals surface area contributed by atoms with Gasteiger partial charge in [-0.2, -0.15) is 0 Å². The molecular weight excluding hydrogens is 336 g/mol. The second-order valence-electron chi connectivity index (χ2n) is 6.02. The number of aromatic nitrogens is 1. The lowest BCUT2D eigenvalue weighted by molar-refractivity contribution is 0.319. The first kappa shape index (κ1) is 17.2. The molecule has 0 radical (unpaired) electrons. The van der Waals surface area contributed by atoms with Gasteiger partial charge in [-0.15, -0.1) is 0 Å². The van der Waals surface area contributed by atoms with Crippen LogP contribution in [-0.2, 0) is 13.0 Å². The topological polar surface area (TPSA) is 16.1 Å². The first-order valence-electron chi connectivity index (χ1n) is 7.93. The summed E-state index contributed by atoms with van der Waals surface area (Å²) in [7, 11) is 2.20. The number of benzene rings is 1. The fourth-order valence-electron chi connectivity index (χ4n) is 2.53. The van der Waals surface area contributed by atoms with Crippen LogP contribution in [0.1, 0.15) is 36.5 Å². The molecule has 0 N–H and O–H groups in total. The zero-order chi connectivity index (χ0) is 15.8. The molecule has 2 rings (SSSR count). The van der Waals surface area contributed by atoms with Crippen molar-refractivity contribution in [2.45, 2.75) is 37.6 Å². The number of hydrogen-bond donors (Lipinski definition) is 0. The van der Waals surface area contributed by atoms with Crippen LogP contribution in [0.2, 0.25) is 0 Å². The summed E-state index contributed by atoms with van der Waals surface area (Å²) in [5.74, 6) is 0. The average molecular weight is 361 g/mol. The third-order valence-electron chi connectivity index (χ3n) is 3.75. The molecule has 0 aliphatic rings. The summed E-state index contributed by atoms with van der Waals surface area (Å²) in [5.41, 5.74) is 3.98. The molecule has 1 atom stereocenters. The fourth-order valence-corrected chi connectivity index (χ4v) is 2.86. The van der Waals surface area contributed by atoms with E-state index in [0.717, 1.165) is 19.5 Å². The average Bonchev–Trinajstić information content (AvgIpc) is 2.50. The summed E-state index contributed by atoms with van der Waals surface area (Å²) in [6.07, 6.45) is 7.18. The minimum absolute atomic E-state index is 0.618. The zero-order valence-corrected chi connectivity index (χ0v) is 15.1. The highest BCUT2D eigenvalue weighted by molar-refractivity contribution is 9.09. The lowest BCUT2D eigenvalue weighted by Crippen LogP contribution is -2.19. The Morgan fingerprint density at radius 1 is 1.09 bits per heavy atom. The molecule has 3 heteroatoms. The summed E-state index contributed by atoms with van der Waals surface area (Å²) in [6, 6.07) is 13.1. The molecular formula is C19H25BrN2. The Morgan fingerprint density at radius 2 is 1.82 bits per heavy atom. The lowest BCUT2D eigenvalue weighted by Gasteiger charge is -2.17. The summed E-state index contributed by atoms with van der Waals surface area (Å²) < 4.78 is 0. The molecule has 0 saturated carbocycles. The van der Waals surface area contributed by atoms with Gasteiger partial charge in [-0.25, -0.2) is 0 Å². The molecule has 1 unspecified atom stereocenters. The van der Waals surface area contributed by atoms with Crippen molar-refractivity contribution in [1.29, 1.82) is 0 Å². The Hall–Kier alpha value is -1.19. The Balaban J connectivity index is 1.81. The highest BCUT2D eigenvalue weighted by atomic mass is 79.9. The van der Waals surface area contributed by atoms with Crippen LogP contribution in [0, 0.1) is 0 Å². The molecule has 1 aromatic heterocycles. The van der Waals surface area contributed by atoms with Gasteiger partial charge in [0, 0.05) is 23.8 Å². The van der Waals surface area contributed by atoms with E-state index < -0.39 is 0 Å². The minimum Gasteiger partial charge on any atom is -0.302 e. The number of alkyl halides is 1. The number of nitrogens with zero attached hydrogens (tertiary/aromatic N) is 2. The van der Waals surface area contributed by atoms with E-state index in [0.29, 0.717) is 4.83 Å². The third kappa shape index (κ3) is 6.29. The van der Waals surface area contributed by atoms with Crippen molar-refractivity contribution in [3.63, 3.8) is 0 Å². The van der Waals surface area contributed by atoms with Crippen LogP contribution in [0.15, 0.2) is 48.8 Å². The van der Waals surface area contributed by atoms with Gasteiger partial charge in [-0.3, -0.25) is 4.98 Å². The Bertz CT molecular complexity index is 537. The van der Waals surface area contributed by atoms with Gasteiger partial charge < -0.3 is 4.90 Å². The number of pyridine rings is 1. The number of halogens is 1. The van der Waals surface area contributed by atoms with Crippen LogP contribution in [-0.4, -0.2) is 28.3 Å². The monoisotopic (exact) mass is 360 g/mol. The quantitative estimate of drug-likeness (QED) is 0.636. The van der Waals surface area contributed by atoms with E-state index in [-0.39, 0.29) is 0 Å². The Labute approximate surface area is 142 Å². The van der Waals surface area contributed by atoms with Gasteiger partial charge in [0.15, 0.2) is 0 Å². The highest BCUT2D eigenvalue weighted by Crippen LogP contribution is 2.12. The van der Waals surface area contributed by atoms with Crippen molar-refractivity contribution < 1.29 is 0 Å². The van der Waals surface area contributed by atoms with Crippen molar-refractivity contribution in [2.24, 2.45) is 0 Å². The maximum absolute atomic E-state index is 4.17. The molecule has 1 heterocycles. The summed E-state index contributed by atoms with van der Waals surface area (Å²) in [4.78, 5) is 7.18. The van der Waals surface area contributed by atoms with Gasteiger partial charge in [0.1, 0.15) is 0 Å². The maximum atomic E-state index is 4.17. The summed E-state index contributed by atoms with van der Waals surface area (Å²) in [5, 5.41) is 0. The first-order chi connectivity index (χ1) is 10.6. The highest BCUT2D eigenvalue weighted by Gasteiger charge is 2.03. The van der Waals surface area contributed by atoms with E-state index in [1.54, 1.807) is 0 Å². The molecule has 0 aliphatic carbocycles. The van der Waals surface area contributed by atoms with Gasteiger partial charge in [0.25, 0.3) is 0 Å². The maximum Gasteiger partial charge on any atom is 0.0303 e. The first-order valence-corrected chi connectivity index (χ1v) is 8.84. The van der Waals surface area contributed by atoms with Crippen molar-refractivity contribution in [1.82, 2.24) is 9.88 Å². The van der Waals surface area contributed by atoms with E-state index in [9.17, 15) is 0 Å². The van der Waals surface area contributed by atoms with Gasteiger partial charge >= 0.3 is 0 Å². The van der Waals surface area contributed by atoms with E-state index in [1.807, 2.05) is 18.5 Å². The Morgan fingerprint density at radius 3 is 2.45 bits per heavy atom.